The highest BCUT2D eigenvalue weighted by atomic mass is 16.2. The Kier molecular flexibility index (Phi) is 2.81. The lowest BCUT2D eigenvalue weighted by atomic mass is 10.1. The van der Waals surface area contributed by atoms with E-state index in [0.29, 0.717) is 6.42 Å². The highest BCUT2D eigenvalue weighted by Crippen LogP contribution is 2.25. The Hall–Kier alpha value is -1.95. The molecule has 0 spiro atoms. The minimum Gasteiger partial charge on any atom is -0.373 e. The number of benzene rings is 1. The molecule has 0 bridgehead atoms. The summed E-state index contributed by atoms with van der Waals surface area (Å²) < 4.78 is 0. The number of amides is 1. The molecule has 2 rings (SSSR count). The second-order valence-corrected chi connectivity index (χ2v) is 4.82. The predicted octanol–water partition coefficient (Wildman–Crippen LogP) is 1.55. The van der Waals surface area contributed by atoms with Crippen LogP contribution in [-0.4, -0.2) is 17.5 Å². The van der Waals surface area contributed by atoms with Gasteiger partial charge in [-0.05, 0) is 25.5 Å². The van der Waals surface area contributed by atoms with Crippen molar-refractivity contribution in [2.24, 2.45) is 0 Å². The van der Waals surface area contributed by atoms with Crippen molar-refractivity contribution < 1.29 is 4.79 Å². The number of rotatable bonds is 2. The van der Waals surface area contributed by atoms with Crippen LogP contribution in [0.1, 0.15) is 19.4 Å². The Bertz CT molecular complexity index is 460. The van der Waals surface area contributed by atoms with Crippen LogP contribution in [0.4, 0.5) is 5.69 Å². The number of carbonyl (C=O) groups is 1. The fourth-order valence-corrected chi connectivity index (χ4v) is 1.89. The van der Waals surface area contributed by atoms with E-state index >= 15 is 0 Å². The Morgan fingerprint density at radius 1 is 1.53 bits per heavy atom. The molecule has 1 amide bonds. The topological polar surface area (TPSA) is 41.1 Å². The second kappa shape index (κ2) is 4.14. The lowest BCUT2D eigenvalue weighted by Crippen LogP contribution is -2.48. The molecule has 1 heterocycles. The Morgan fingerprint density at radius 3 is 2.88 bits per heavy atom. The molecular formula is C14H16N2O. The summed E-state index contributed by atoms with van der Waals surface area (Å²) in [5.41, 5.74) is 1.60. The van der Waals surface area contributed by atoms with E-state index < -0.39 is 5.54 Å². The molecule has 88 valence electrons. The van der Waals surface area contributed by atoms with Crippen molar-refractivity contribution in [2.45, 2.75) is 31.8 Å². The van der Waals surface area contributed by atoms with Crippen molar-refractivity contribution in [1.82, 2.24) is 5.32 Å². The van der Waals surface area contributed by atoms with Crippen molar-refractivity contribution in [1.29, 1.82) is 0 Å². The maximum absolute atomic E-state index is 12.0. The standard InChI is InChI=1S/C14H16N2O/c1-4-14(2,3)16-13(17)12-9-10-7-5-6-8-11(10)15-12/h1,5-8,12,15H,9H2,2-3H3,(H,16,17)/t12-/m0/s1. The molecule has 1 aliphatic heterocycles. The summed E-state index contributed by atoms with van der Waals surface area (Å²) in [6.45, 7) is 3.62. The molecule has 1 aromatic rings. The molecule has 1 atom stereocenters. The molecule has 0 radical (unpaired) electrons. The molecule has 17 heavy (non-hydrogen) atoms. The molecule has 1 aromatic carbocycles. The number of para-hydroxylation sites is 1. The number of fused-ring (bicyclic) bond motifs is 1. The third-order valence-electron chi connectivity index (χ3n) is 2.88. The minimum absolute atomic E-state index is 0.0517. The molecule has 2 N–H and O–H groups in total. The quantitative estimate of drug-likeness (QED) is 0.754. The van der Waals surface area contributed by atoms with Gasteiger partial charge in [0.2, 0.25) is 5.91 Å². The zero-order valence-electron chi connectivity index (χ0n) is 10.1. The van der Waals surface area contributed by atoms with Gasteiger partial charge in [0.15, 0.2) is 0 Å². The summed E-state index contributed by atoms with van der Waals surface area (Å²) in [4.78, 5) is 12.0. The average Bonchev–Trinajstić information content (AvgIpc) is 2.72. The highest BCUT2D eigenvalue weighted by Gasteiger charge is 2.29. The molecule has 0 saturated heterocycles. The number of anilines is 1. The van der Waals surface area contributed by atoms with Crippen molar-refractivity contribution in [2.75, 3.05) is 5.32 Å². The number of hydrogen-bond donors (Lipinski definition) is 2. The van der Waals surface area contributed by atoms with Crippen LogP contribution in [0.15, 0.2) is 24.3 Å². The summed E-state index contributed by atoms with van der Waals surface area (Å²) >= 11 is 0. The fourth-order valence-electron chi connectivity index (χ4n) is 1.89. The molecular weight excluding hydrogens is 212 g/mol. The van der Waals surface area contributed by atoms with Gasteiger partial charge in [0, 0.05) is 12.1 Å². The minimum atomic E-state index is -0.604. The molecule has 3 heteroatoms. The summed E-state index contributed by atoms with van der Waals surface area (Å²) in [5, 5.41) is 6.05. The number of carbonyl (C=O) groups excluding carboxylic acids is 1. The van der Waals surface area contributed by atoms with E-state index in [9.17, 15) is 4.79 Å². The van der Waals surface area contributed by atoms with Crippen molar-refractivity contribution in [3.8, 4) is 12.3 Å². The van der Waals surface area contributed by atoms with Gasteiger partial charge in [0.05, 0.1) is 5.54 Å². The first kappa shape index (κ1) is 11.5. The molecule has 0 aromatic heterocycles. The van der Waals surface area contributed by atoms with E-state index in [-0.39, 0.29) is 11.9 Å². The van der Waals surface area contributed by atoms with Gasteiger partial charge in [-0.25, -0.2) is 0 Å². The van der Waals surface area contributed by atoms with E-state index in [4.69, 9.17) is 6.42 Å². The van der Waals surface area contributed by atoms with E-state index in [1.807, 2.05) is 38.1 Å². The zero-order valence-corrected chi connectivity index (χ0v) is 10.1. The summed E-state index contributed by atoms with van der Waals surface area (Å²) in [7, 11) is 0. The molecule has 1 aliphatic rings. The van der Waals surface area contributed by atoms with E-state index in [1.165, 1.54) is 5.56 Å². The lowest BCUT2D eigenvalue weighted by molar-refractivity contribution is -0.122. The Balaban J connectivity index is 2.04. The van der Waals surface area contributed by atoms with Gasteiger partial charge in [-0.15, -0.1) is 6.42 Å². The van der Waals surface area contributed by atoms with E-state index in [2.05, 4.69) is 16.6 Å². The Labute approximate surface area is 102 Å². The smallest absolute Gasteiger partial charge is 0.244 e. The van der Waals surface area contributed by atoms with Crippen LogP contribution in [0.25, 0.3) is 0 Å². The van der Waals surface area contributed by atoms with Gasteiger partial charge in [-0.3, -0.25) is 4.79 Å². The molecule has 3 nitrogen and oxygen atoms in total. The van der Waals surface area contributed by atoms with Gasteiger partial charge in [-0.2, -0.15) is 0 Å². The fraction of sp³-hybridized carbons (Fsp3) is 0.357. The lowest BCUT2D eigenvalue weighted by Gasteiger charge is -2.22. The van der Waals surface area contributed by atoms with Crippen molar-refractivity contribution in [3.63, 3.8) is 0 Å². The van der Waals surface area contributed by atoms with Crippen LogP contribution in [0, 0.1) is 12.3 Å². The van der Waals surface area contributed by atoms with Crippen LogP contribution in [-0.2, 0) is 11.2 Å². The molecule has 0 unspecified atom stereocenters. The Morgan fingerprint density at radius 2 is 2.24 bits per heavy atom. The van der Waals surface area contributed by atoms with Gasteiger partial charge in [0.1, 0.15) is 6.04 Å². The largest absolute Gasteiger partial charge is 0.373 e. The monoisotopic (exact) mass is 228 g/mol. The van der Waals surface area contributed by atoms with Crippen molar-refractivity contribution >= 4 is 11.6 Å². The van der Waals surface area contributed by atoms with Crippen LogP contribution < -0.4 is 10.6 Å². The maximum Gasteiger partial charge on any atom is 0.244 e. The highest BCUT2D eigenvalue weighted by molar-refractivity contribution is 5.88. The summed E-state index contributed by atoms with van der Waals surface area (Å²) in [6.07, 6.45) is 6.06. The SMILES string of the molecule is C#CC(C)(C)NC(=O)[C@@H]1Cc2ccccc2N1. The first-order valence-corrected chi connectivity index (χ1v) is 5.66. The first-order chi connectivity index (χ1) is 8.02. The van der Waals surface area contributed by atoms with Crippen LogP contribution in [0.2, 0.25) is 0 Å². The van der Waals surface area contributed by atoms with Gasteiger partial charge in [-0.1, -0.05) is 24.1 Å². The summed E-state index contributed by atoms with van der Waals surface area (Å²) in [5.74, 6) is 2.51. The number of terminal acetylenes is 1. The normalized spacial score (nSPS) is 17.8. The van der Waals surface area contributed by atoms with Gasteiger partial charge in [0.25, 0.3) is 0 Å². The molecule has 0 aliphatic carbocycles. The summed E-state index contributed by atoms with van der Waals surface area (Å²) in [6, 6.07) is 7.72. The maximum atomic E-state index is 12.0. The first-order valence-electron chi connectivity index (χ1n) is 5.66. The van der Waals surface area contributed by atoms with E-state index in [0.717, 1.165) is 5.69 Å². The van der Waals surface area contributed by atoms with Crippen LogP contribution in [0.5, 0.6) is 0 Å². The third-order valence-corrected chi connectivity index (χ3v) is 2.88. The average molecular weight is 228 g/mol. The van der Waals surface area contributed by atoms with E-state index in [1.54, 1.807) is 0 Å². The van der Waals surface area contributed by atoms with Crippen molar-refractivity contribution in [3.05, 3.63) is 29.8 Å². The third kappa shape index (κ3) is 2.42. The predicted molar refractivity (Wildman–Crippen MR) is 68.6 cm³/mol. The number of nitrogens with one attached hydrogen (secondary N) is 2. The molecule has 0 saturated carbocycles. The van der Waals surface area contributed by atoms with Gasteiger partial charge < -0.3 is 10.6 Å². The molecule has 0 fully saturated rings. The van der Waals surface area contributed by atoms with Crippen LogP contribution in [0.3, 0.4) is 0 Å². The second-order valence-electron chi connectivity index (χ2n) is 4.82. The zero-order chi connectivity index (χ0) is 12.5. The number of hydrogen-bond acceptors (Lipinski definition) is 2. The van der Waals surface area contributed by atoms with Crippen LogP contribution >= 0.6 is 0 Å². The van der Waals surface area contributed by atoms with Gasteiger partial charge >= 0.3 is 0 Å².